The minimum absolute atomic E-state index is 0.0561. The van der Waals surface area contributed by atoms with Crippen molar-refractivity contribution in [3.05, 3.63) is 53.0 Å². The van der Waals surface area contributed by atoms with Gasteiger partial charge in [0.05, 0.1) is 11.3 Å². The summed E-state index contributed by atoms with van der Waals surface area (Å²) in [7, 11) is 0. The molecule has 2 N–H and O–H groups in total. The molecule has 1 amide bonds. The summed E-state index contributed by atoms with van der Waals surface area (Å²) in [6.07, 6.45) is 0.693. The molecule has 2 rings (SSSR count). The highest BCUT2D eigenvalue weighted by Crippen LogP contribution is 2.19. The summed E-state index contributed by atoms with van der Waals surface area (Å²) in [4.78, 5) is 23.2. The molecule has 0 saturated heterocycles. The number of carboxylic acids is 1. The van der Waals surface area contributed by atoms with Crippen molar-refractivity contribution in [2.75, 3.05) is 5.32 Å². The van der Waals surface area contributed by atoms with Gasteiger partial charge >= 0.3 is 5.97 Å². The number of carbonyl (C=O) groups is 2. The predicted molar refractivity (Wildman–Crippen MR) is 74.2 cm³/mol. The van der Waals surface area contributed by atoms with Crippen molar-refractivity contribution < 1.29 is 19.1 Å². The minimum atomic E-state index is -1.09. The number of benzene rings is 1. The topological polar surface area (TPSA) is 79.5 Å². The van der Waals surface area contributed by atoms with E-state index in [9.17, 15) is 9.59 Å². The lowest BCUT2D eigenvalue weighted by atomic mass is 10.1. The molecule has 1 aromatic heterocycles. The van der Waals surface area contributed by atoms with E-state index in [1.807, 2.05) is 6.92 Å². The molecule has 5 nitrogen and oxygen atoms in total. The highest BCUT2D eigenvalue weighted by Gasteiger charge is 2.16. The molecule has 0 fully saturated rings. The standard InChI is InChI=1S/C15H15NO4/c1-3-10-5-7-13(20-10)14(17)16-12-6-4-9(2)8-11(12)15(18)19/h4-8H,3H2,1-2H3,(H,16,17)(H,18,19). The van der Waals surface area contributed by atoms with Crippen LogP contribution >= 0.6 is 0 Å². The van der Waals surface area contributed by atoms with Crippen molar-refractivity contribution in [2.24, 2.45) is 0 Å². The Morgan fingerprint density at radius 3 is 2.60 bits per heavy atom. The lowest BCUT2D eigenvalue weighted by Gasteiger charge is -2.08. The van der Waals surface area contributed by atoms with Crippen LogP contribution in [0.2, 0.25) is 0 Å². The highest BCUT2D eigenvalue weighted by molar-refractivity contribution is 6.06. The number of hydrogen-bond donors (Lipinski definition) is 2. The number of carboxylic acid groups (broad SMARTS) is 1. The Bertz CT molecular complexity index is 658. The van der Waals surface area contributed by atoms with Crippen LogP contribution in [-0.4, -0.2) is 17.0 Å². The summed E-state index contributed by atoms with van der Waals surface area (Å²) in [5, 5.41) is 11.7. The molecule has 0 aliphatic rings. The normalized spacial score (nSPS) is 10.3. The van der Waals surface area contributed by atoms with E-state index in [1.54, 1.807) is 31.2 Å². The first-order valence-corrected chi connectivity index (χ1v) is 6.25. The zero-order chi connectivity index (χ0) is 14.7. The maximum atomic E-state index is 12.0. The summed E-state index contributed by atoms with van der Waals surface area (Å²) >= 11 is 0. The van der Waals surface area contributed by atoms with Crippen molar-refractivity contribution in [3.63, 3.8) is 0 Å². The number of furan rings is 1. The Kier molecular flexibility index (Phi) is 3.89. The summed E-state index contributed by atoms with van der Waals surface area (Å²) in [6.45, 7) is 3.71. The zero-order valence-corrected chi connectivity index (χ0v) is 11.3. The monoisotopic (exact) mass is 273 g/mol. The fourth-order valence-electron chi connectivity index (χ4n) is 1.82. The third-order valence-electron chi connectivity index (χ3n) is 2.89. The van der Waals surface area contributed by atoms with E-state index in [0.717, 1.165) is 5.56 Å². The van der Waals surface area contributed by atoms with E-state index in [1.165, 1.54) is 6.07 Å². The van der Waals surface area contributed by atoms with Crippen LogP contribution in [-0.2, 0) is 6.42 Å². The second-order valence-electron chi connectivity index (χ2n) is 4.43. The first-order valence-electron chi connectivity index (χ1n) is 6.25. The van der Waals surface area contributed by atoms with Crippen molar-refractivity contribution in [2.45, 2.75) is 20.3 Å². The van der Waals surface area contributed by atoms with Gasteiger partial charge in [-0.1, -0.05) is 18.6 Å². The lowest BCUT2D eigenvalue weighted by molar-refractivity contribution is 0.0698. The third kappa shape index (κ3) is 2.88. The van der Waals surface area contributed by atoms with E-state index >= 15 is 0 Å². The van der Waals surface area contributed by atoms with Crippen molar-refractivity contribution >= 4 is 17.6 Å². The summed E-state index contributed by atoms with van der Waals surface area (Å²) in [5.41, 5.74) is 1.12. The van der Waals surface area contributed by atoms with E-state index < -0.39 is 11.9 Å². The van der Waals surface area contributed by atoms with E-state index in [2.05, 4.69) is 5.32 Å². The fraction of sp³-hybridized carbons (Fsp3) is 0.200. The van der Waals surface area contributed by atoms with Crippen LogP contribution in [0, 0.1) is 6.92 Å². The molecule has 0 spiro atoms. The van der Waals surface area contributed by atoms with Crippen LogP contribution in [0.3, 0.4) is 0 Å². The van der Waals surface area contributed by atoms with Gasteiger partial charge in [0, 0.05) is 6.42 Å². The van der Waals surface area contributed by atoms with Crippen LogP contribution < -0.4 is 5.32 Å². The molecule has 5 heteroatoms. The molecule has 0 aliphatic carbocycles. The summed E-state index contributed by atoms with van der Waals surface area (Å²) in [6, 6.07) is 8.12. The van der Waals surface area contributed by atoms with Gasteiger partial charge < -0.3 is 14.8 Å². The number of rotatable bonds is 4. The second-order valence-corrected chi connectivity index (χ2v) is 4.43. The molecule has 0 atom stereocenters. The Hall–Kier alpha value is -2.56. The third-order valence-corrected chi connectivity index (χ3v) is 2.89. The summed E-state index contributed by atoms with van der Waals surface area (Å²) < 4.78 is 5.33. The molecule has 20 heavy (non-hydrogen) atoms. The van der Waals surface area contributed by atoms with Gasteiger partial charge in [-0.05, 0) is 31.2 Å². The van der Waals surface area contributed by atoms with Gasteiger partial charge in [0.25, 0.3) is 5.91 Å². The first-order chi connectivity index (χ1) is 9.51. The number of anilines is 1. The lowest BCUT2D eigenvalue weighted by Crippen LogP contribution is -2.14. The Morgan fingerprint density at radius 2 is 2.00 bits per heavy atom. The molecular formula is C15H15NO4. The number of nitrogens with one attached hydrogen (secondary N) is 1. The highest BCUT2D eigenvalue weighted by atomic mass is 16.4. The first kappa shape index (κ1) is 13.9. The van der Waals surface area contributed by atoms with Crippen LogP contribution in [0.5, 0.6) is 0 Å². The van der Waals surface area contributed by atoms with Crippen LogP contribution in [0.15, 0.2) is 34.7 Å². The molecule has 2 aromatic rings. The molecule has 0 radical (unpaired) electrons. The number of amides is 1. The maximum absolute atomic E-state index is 12.0. The van der Waals surface area contributed by atoms with Gasteiger partial charge in [-0.15, -0.1) is 0 Å². The van der Waals surface area contributed by atoms with Crippen LogP contribution in [0.4, 0.5) is 5.69 Å². The quantitative estimate of drug-likeness (QED) is 0.897. The van der Waals surface area contributed by atoms with E-state index in [4.69, 9.17) is 9.52 Å². The van der Waals surface area contributed by atoms with E-state index in [-0.39, 0.29) is 17.0 Å². The van der Waals surface area contributed by atoms with Crippen molar-refractivity contribution in [3.8, 4) is 0 Å². The summed E-state index contributed by atoms with van der Waals surface area (Å²) in [5.74, 6) is -0.676. The number of aryl methyl sites for hydroxylation is 2. The average molecular weight is 273 g/mol. The van der Waals surface area contributed by atoms with Crippen molar-refractivity contribution in [1.29, 1.82) is 0 Å². The largest absolute Gasteiger partial charge is 0.478 e. The van der Waals surface area contributed by atoms with Crippen LogP contribution in [0.1, 0.15) is 39.2 Å². The van der Waals surface area contributed by atoms with Crippen molar-refractivity contribution in [1.82, 2.24) is 0 Å². The van der Waals surface area contributed by atoms with E-state index in [0.29, 0.717) is 12.2 Å². The Balaban J connectivity index is 2.25. The molecule has 0 unspecified atom stereocenters. The van der Waals surface area contributed by atoms with Gasteiger partial charge in [-0.2, -0.15) is 0 Å². The second kappa shape index (κ2) is 5.61. The SMILES string of the molecule is CCc1ccc(C(=O)Nc2ccc(C)cc2C(=O)O)o1. The predicted octanol–water partition coefficient (Wildman–Crippen LogP) is 3.10. The number of aromatic carboxylic acids is 1. The van der Waals surface area contributed by atoms with Gasteiger partial charge in [0.15, 0.2) is 5.76 Å². The molecule has 0 saturated carbocycles. The van der Waals surface area contributed by atoms with Gasteiger partial charge in [-0.25, -0.2) is 4.79 Å². The average Bonchev–Trinajstić information content (AvgIpc) is 2.89. The molecule has 1 heterocycles. The van der Waals surface area contributed by atoms with Crippen LogP contribution in [0.25, 0.3) is 0 Å². The molecule has 0 aliphatic heterocycles. The zero-order valence-electron chi connectivity index (χ0n) is 11.3. The Morgan fingerprint density at radius 1 is 1.25 bits per heavy atom. The molecule has 0 bridgehead atoms. The van der Waals surface area contributed by atoms with Gasteiger partial charge in [-0.3, -0.25) is 4.79 Å². The van der Waals surface area contributed by atoms with Gasteiger partial charge in [0.1, 0.15) is 5.76 Å². The fourth-order valence-corrected chi connectivity index (χ4v) is 1.82. The maximum Gasteiger partial charge on any atom is 0.337 e. The van der Waals surface area contributed by atoms with Gasteiger partial charge in [0.2, 0.25) is 0 Å². The number of carbonyl (C=O) groups excluding carboxylic acids is 1. The smallest absolute Gasteiger partial charge is 0.337 e. The molecular weight excluding hydrogens is 258 g/mol. The molecule has 1 aromatic carbocycles. The Labute approximate surface area is 116 Å². The number of hydrogen-bond acceptors (Lipinski definition) is 3. The molecule has 104 valence electrons. The minimum Gasteiger partial charge on any atom is -0.478 e.